The van der Waals surface area contributed by atoms with Gasteiger partial charge in [0.1, 0.15) is 13.3 Å². The molecule has 0 aromatic rings. The molecule has 4 heteroatoms. The monoisotopic (exact) mass is 235 g/mol. The molecule has 1 rings (SSSR count). The lowest BCUT2D eigenvalue weighted by atomic mass is 10.0. The Bertz CT molecular complexity index is 194. The molecule has 0 radical (unpaired) electrons. The fourth-order valence-corrected chi connectivity index (χ4v) is 2.10. The lowest BCUT2D eigenvalue weighted by molar-refractivity contribution is -0.0868. The van der Waals surface area contributed by atoms with E-state index >= 15 is 0 Å². The van der Waals surface area contributed by atoms with E-state index in [1.807, 2.05) is 25.7 Å². The summed E-state index contributed by atoms with van der Waals surface area (Å²) in [6, 6.07) is -0.546. The van der Waals surface area contributed by atoms with Crippen molar-refractivity contribution in [3.8, 4) is 0 Å². The van der Waals surface area contributed by atoms with E-state index in [4.69, 9.17) is 4.74 Å². The van der Waals surface area contributed by atoms with Gasteiger partial charge < -0.3 is 4.74 Å². The second kappa shape index (κ2) is 5.92. The number of halogens is 2. The van der Waals surface area contributed by atoms with Crippen LogP contribution in [0.1, 0.15) is 33.6 Å². The molecule has 2 nitrogen and oxygen atoms in total. The molecule has 0 spiro atoms. The van der Waals surface area contributed by atoms with Gasteiger partial charge in [-0.1, -0.05) is 0 Å². The normalized spacial score (nSPS) is 20.6. The van der Waals surface area contributed by atoms with Crippen LogP contribution in [-0.2, 0) is 4.74 Å². The first-order valence-electron chi connectivity index (χ1n) is 6.00. The molecule has 0 unspecified atom stereocenters. The van der Waals surface area contributed by atoms with Crippen LogP contribution in [0.2, 0.25) is 0 Å². The van der Waals surface area contributed by atoms with Crippen LogP contribution in [0.3, 0.4) is 0 Å². The molecular formula is C12H23F2NO. The van der Waals surface area contributed by atoms with Gasteiger partial charge in [-0.2, -0.15) is 0 Å². The van der Waals surface area contributed by atoms with Gasteiger partial charge in [-0.05, 0) is 33.6 Å². The van der Waals surface area contributed by atoms with Crippen LogP contribution in [0.4, 0.5) is 8.78 Å². The Labute approximate surface area is 97.0 Å². The van der Waals surface area contributed by atoms with Gasteiger partial charge in [-0.15, -0.1) is 0 Å². The third-order valence-electron chi connectivity index (χ3n) is 2.87. The van der Waals surface area contributed by atoms with E-state index in [2.05, 4.69) is 0 Å². The summed E-state index contributed by atoms with van der Waals surface area (Å²) >= 11 is 0. The molecule has 0 aromatic carbocycles. The molecule has 96 valence electrons. The third kappa shape index (κ3) is 4.34. The van der Waals surface area contributed by atoms with Crippen LogP contribution in [0.15, 0.2) is 0 Å². The van der Waals surface area contributed by atoms with E-state index in [1.54, 1.807) is 0 Å². The van der Waals surface area contributed by atoms with Crippen LogP contribution >= 0.6 is 0 Å². The summed E-state index contributed by atoms with van der Waals surface area (Å²) in [6.07, 6.45) is 1.97. The van der Waals surface area contributed by atoms with Crippen molar-refractivity contribution in [1.29, 1.82) is 0 Å². The highest BCUT2D eigenvalue weighted by molar-refractivity contribution is 4.79. The molecule has 0 bridgehead atoms. The zero-order chi connectivity index (χ0) is 12.2. The molecule has 0 saturated carbocycles. The van der Waals surface area contributed by atoms with E-state index in [0.717, 1.165) is 25.9 Å². The highest BCUT2D eigenvalue weighted by Gasteiger charge is 2.27. The summed E-state index contributed by atoms with van der Waals surface area (Å²) < 4.78 is 30.9. The zero-order valence-electron chi connectivity index (χ0n) is 10.5. The second-order valence-corrected chi connectivity index (χ2v) is 5.43. The topological polar surface area (TPSA) is 12.5 Å². The average Bonchev–Trinajstić information content (AvgIpc) is 2.20. The maximum Gasteiger partial charge on any atom is 0.107 e. The van der Waals surface area contributed by atoms with Gasteiger partial charge in [0.15, 0.2) is 0 Å². The minimum absolute atomic E-state index is 0.133. The Morgan fingerprint density at radius 3 is 2.06 bits per heavy atom. The van der Waals surface area contributed by atoms with E-state index in [-0.39, 0.29) is 11.7 Å². The van der Waals surface area contributed by atoms with Gasteiger partial charge in [0.25, 0.3) is 0 Å². The Morgan fingerprint density at radius 1 is 1.19 bits per heavy atom. The zero-order valence-corrected chi connectivity index (χ0v) is 10.5. The highest BCUT2D eigenvalue weighted by Crippen LogP contribution is 2.21. The standard InChI is InChI=1S/C12H23F2NO/c1-12(2,3)16-11-4-6-15(7-5-11)10(8-13)9-14/h10-11H,4-9H2,1-3H3. The molecule has 16 heavy (non-hydrogen) atoms. The smallest absolute Gasteiger partial charge is 0.107 e. The molecular weight excluding hydrogens is 212 g/mol. The molecule has 1 aliphatic rings. The minimum Gasteiger partial charge on any atom is -0.373 e. The Balaban J connectivity index is 2.33. The number of piperidine rings is 1. The number of rotatable bonds is 4. The number of ether oxygens (including phenoxy) is 1. The van der Waals surface area contributed by atoms with Gasteiger partial charge >= 0.3 is 0 Å². The van der Waals surface area contributed by atoms with Gasteiger partial charge in [0.05, 0.1) is 17.7 Å². The first-order chi connectivity index (χ1) is 7.46. The van der Waals surface area contributed by atoms with Crippen LogP contribution in [0, 0.1) is 0 Å². The summed E-state index contributed by atoms with van der Waals surface area (Å²) in [5.74, 6) is 0. The van der Waals surface area contributed by atoms with E-state index in [9.17, 15) is 8.78 Å². The van der Waals surface area contributed by atoms with Crippen LogP contribution in [0.5, 0.6) is 0 Å². The Morgan fingerprint density at radius 2 is 1.69 bits per heavy atom. The van der Waals surface area contributed by atoms with Crippen LogP contribution in [0.25, 0.3) is 0 Å². The number of likely N-dealkylation sites (tertiary alicyclic amines) is 1. The summed E-state index contributed by atoms with van der Waals surface area (Å²) in [6.45, 7) is 6.38. The lowest BCUT2D eigenvalue weighted by Gasteiger charge is -2.37. The van der Waals surface area contributed by atoms with E-state index in [1.165, 1.54) is 0 Å². The van der Waals surface area contributed by atoms with Crippen molar-refractivity contribution in [3.05, 3.63) is 0 Å². The summed E-state index contributed by atoms with van der Waals surface area (Å²) in [7, 11) is 0. The van der Waals surface area contributed by atoms with Gasteiger partial charge in [0, 0.05) is 13.1 Å². The maximum absolute atomic E-state index is 12.5. The minimum atomic E-state index is -0.596. The molecule has 1 saturated heterocycles. The first kappa shape index (κ1) is 13.8. The maximum atomic E-state index is 12.5. The first-order valence-corrected chi connectivity index (χ1v) is 6.00. The Kier molecular flexibility index (Phi) is 5.12. The SMILES string of the molecule is CC(C)(C)OC1CCN(C(CF)CF)CC1. The van der Waals surface area contributed by atoms with E-state index in [0.29, 0.717) is 0 Å². The average molecular weight is 235 g/mol. The van der Waals surface area contributed by atoms with E-state index < -0.39 is 19.4 Å². The van der Waals surface area contributed by atoms with Gasteiger partial charge in [-0.25, -0.2) is 8.78 Å². The molecule has 0 atom stereocenters. The molecule has 0 N–H and O–H groups in total. The summed E-state index contributed by atoms with van der Waals surface area (Å²) in [5, 5.41) is 0. The molecule has 1 aliphatic heterocycles. The molecule has 0 aliphatic carbocycles. The quantitative estimate of drug-likeness (QED) is 0.742. The Hall–Kier alpha value is -0.220. The number of nitrogens with zero attached hydrogens (tertiary/aromatic N) is 1. The van der Waals surface area contributed by atoms with Crippen molar-refractivity contribution in [2.75, 3.05) is 26.4 Å². The van der Waals surface area contributed by atoms with Gasteiger partial charge in [0.2, 0.25) is 0 Å². The van der Waals surface area contributed by atoms with Gasteiger partial charge in [-0.3, -0.25) is 4.90 Å². The highest BCUT2D eigenvalue weighted by atomic mass is 19.1. The van der Waals surface area contributed by atoms with Crippen LogP contribution < -0.4 is 0 Å². The number of alkyl halides is 2. The molecule has 0 amide bonds. The molecule has 0 aromatic heterocycles. The fraction of sp³-hybridized carbons (Fsp3) is 1.00. The fourth-order valence-electron chi connectivity index (χ4n) is 2.10. The summed E-state index contributed by atoms with van der Waals surface area (Å²) in [4.78, 5) is 1.89. The summed E-state index contributed by atoms with van der Waals surface area (Å²) in [5.41, 5.74) is -0.133. The van der Waals surface area contributed by atoms with Crippen molar-refractivity contribution in [2.45, 2.75) is 51.4 Å². The van der Waals surface area contributed by atoms with Crippen molar-refractivity contribution < 1.29 is 13.5 Å². The van der Waals surface area contributed by atoms with Crippen molar-refractivity contribution >= 4 is 0 Å². The van der Waals surface area contributed by atoms with Crippen molar-refractivity contribution in [3.63, 3.8) is 0 Å². The molecule has 1 heterocycles. The predicted octanol–water partition coefficient (Wildman–Crippen LogP) is 2.57. The largest absolute Gasteiger partial charge is 0.373 e. The lowest BCUT2D eigenvalue weighted by Crippen LogP contribution is -2.46. The number of hydrogen-bond donors (Lipinski definition) is 0. The van der Waals surface area contributed by atoms with Crippen molar-refractivity contribution in [1.82, 2.24) is 4.90 Å². The predicted molar refractivity (Wildman–Crippen MR) is 61.2 cm³/mol. The second-order valence-electron chi connectivity index (χ2n) is 5.43. The number of hydrogen-bond acceptors (Lipinski definition) is 2. The molecule has 1 fully saturated rings. The van der Waals surface area contributed by atoms with Crippen LogP contribution in [-0.4, -0.2) is 49.1 Å². The van der Waals surface area contributed by atoms with Crippen molar-refractivity contribution in [2.24, 2.45) is 0 Å². The third-order valence-corrected chi connectivity index (χ3v) is 2.87.